The number of benzene rings is 1. The fourth-order valence-electron chi connectivity index (χ4n) is 4.46. The molecule has 1 aromatic carbocycles. The highest BCUT2D eigenvalue weighted by Gasteiger charge is 2.37. The Balaban J connectivity index is 1.24. The van der Waals surface area contributed by atoms with Gasteiger partial charge in [0.2, 0.25) is 5.91 Å². The molecule has 0 spiro atoms. The molecule has 1 atom stereocenters. The molecule has 0 radical (unpaired) electrons. The molecule has 2 aromatic rings. The van der Waals surface area contributed by atoms with Crippen molar-refractivity contribution in [2.75, 3.05) is 26.3 Å². The number of ether oxygens (including phenoxy) is 2. The molecule has 0 saturated carbocycles. The topological polar surface area (TPSA) is 97.1 Å². The van der Waals surface area contributed by atoms with Crippen LogP contribution in [0.25, 0.3) is 0 Å². The summed E-state index contributed by atoms with van der Waals surface area (Å²) < 4.78 is 16.8. The number of piperidine rings is 1. The van der Waals surface area contributed by atoms with E-state index in [2.05, 4.69) is 22.0 Å². The molecule has 3 aliphatic rings. The highest BCUT2D eigenvalue weighted by atomic mass is 16.5. The molecule has 0 bridgehead atoms. The van der Waals surface area contributed by atoms with Gasteiger partial charge in [0.15, 0.2) is 5.76 Å². The maximum Gasteiger partial charge on any atom is 0.255 e. The van der Waals surface area contributed by atoms with E-state index in [1.54, 1.807) is 4.90 Å². The lowest BCUT2D eigenvalue weighted by Gasteiger charge is -2.32. The smallest absolute Gasteiger partial charge is 0.255 e. The summed E-state index contributed by atoms with van der Waals surface area (Å²) in [5.74, 6) is 1.16. The third-order valence-electron chi connectivity index (χ3n) is 6.14. The van der Waals surface area contributed by atoms with Crippen molar-refractivity contribution < 1.29 is 23.6 Å². The van der Waals surface area contributed by atoms with Crippen molar-refractivity contribution in [3.63, 3.8) is 0 Å². The zero-order valence-electron chi connectivity index (χ0n) is 17.8. The number of morpholine rings is 1. The number of hydrogen-bond acceptors (Lipinski definition) is 7. The zero-order chi connectivity index (χ0) is 22.1. The van der Waals surface area contributed by atoms with Gasteiger partial charge in [-0.3, -0.25) is 14.5 Å². The molecular formula is C23H26N4O5. The van der Waals surface area contributed by atoms with E-state index in [1.165, 1.54) is 0 Å². The molecule has 3 aliphatic heterocycles. The molecule has 1 aromatic heterocycles. The van der Waals surface area contributed by atoms with Crippen molar-refractivity contribution in [1.29, 1.82) is 0 Å². The summed E-state index contributed by atoms with van der Waals surface area (Å²) in [5, 5.41) is 6.91. The van der Waals surface area contributed by atoms with Crippen LogP contribution in [-0.2, 0) is 29.2 Å². The summed E-state index contributed by atoms with van der Waals surface area (Å²) in [7, 11) is 0. The second-order valence-electron chi connectivity index (χ2n) is 8.30. The van der Waals surface area contributed by atoms with Gasteiger partial charge < -0.3 is 24.2 Å². The molecule has 32 heavy (non-hydrogen) atoms. The third kappa shape index (κ3) is 4.13. The molecule has 2 fully saturated rings. The zero-order valence-corrected chi connectivity index (χ0v) is 17.8. The van der Waals surface area contributed by atoms with E-state index in [0.717, 1.165) is 44.1 Å². The van der Waals surface area contributed by atoms with Gasteiger partial charge in [0.1, 0.15) is 12.4 Å². The molecule has 2 amide bonds. The van der Waals surface area contributed by atoms with Gasteiger partial charge in [-0.25, -0.2) is 0 Å². The molecule has 168 valence electrons. The average molecular weight is 438 g/mol. The van der Waals surface area contributed by atoms with Crippen molar-refractivity contribution in [2.24, 2.45) is 0 Å². The Kier molecular flexibility index (Phi) is 5.67. The van der Waals surface area contributed by atoms with Crippen LogP contribution in [0.5, 0.6) is 5.75 Å². The number of aromatic nitrogens is 1. The Bertz CT molecular complexity index is 1040. The number of nitrogens with one attached hydrogen (secondary N) is 1. The van der Waals surface area contributed by atoms with Crippen molar-refractivity contribution in [3.05, 3.63) is 59.1 Å². The minimum Gasteiger partial charge on any atom is -0.485 e. The van der Waals surface area contributed by atoms with Gasteiger partial charge in [-0.1, -0.05) is 17.8 Å². The second-order valence-corrected chi connectivity index (χ2v) is 8.30. The van der Waals surface area contributed by atoms with Crippen LogP contribution in [0.3, 0.4) is 0 Å². The Morgan fingerprint density at radius 2 is 2.09 bits per heavy atom. The maximum absolute atomic E-state index is 13.0. The fourth-order valence-corrected chi connectivity index (χ4v) is 4.46. The van der Waals surface area contributed by atoms with Crippen LogP contribution in [0.4, 0.5) is 0 Å². The normalized spacial score (nSPS) is 21.6. The van der Waals surface area contributed by atoms with E-state index in [4.69, 9.17) is 14.0 Å². The van der Waals surface area contributed by atoms with E-state index >= 15 is 0 Å². The van der Waals surface area contributed by atoms with Crippen LogP contribution >= 0.6 is 0 Å². The van der Waals surface area contributed by atoms with Crippen molar-refractivity contribution in [2.45, 2.75) is 38.6 Å². The Labute approximate surface area is 185 Å². The number of carbonyl (C=O) groups is 2. The molecule has 2 saturated heterocycles. The summed E-state index contributed by atoms with van der Waals surface area (Å²) in [6.07, 6.45) is 0.954. The van der Waals surface area contributed by atoms with E-state index in [1.807, 2.05) is 24.3 Å². The van der Waals surface area contributed by atoms with Gasteiger partial charge in [0.25, 0.3) is 5.91 Å². The molecule has 4 heterocycles. The number of hydrogen-bond donors (Lipinski definition) is 1. The first-order valence-corrected chi connectivity index (χ1v) is 10.9. The average Bonchev–Trinajstić information content (AvgIpc) is 3.38. The van der Waals surface area contributed by atoms with Crippen LogP contribution in [0, 0.1) is 0 Å². The Morgan fingerprint density at radius 3 is 2.91 bits per heavy atom. The molecule has 0 aliphatic carbocycles. The van der Waals surface area contributed by atoms with Crippen LogP contribution in [-0.4, -0.2) is 59.1 Å². The second kappa shape index (κ2) is 8.76. The van der Waals surface area contributed by atoms with Crippen LogP contribution in [0.2, 0.25) is 0 Å². The van der Waals surface area contributed by atoms with E-state index < -0.39 is 0 Å². The van der Waals surface area contributed by atoms with Crippen LogP contribution in [0.1, 0.15) is 40.2 Å². The van der Waals surface area contributed by atoms with Crippen LogP contribution < -0.4 is 10.1 Å². The van der Waals surface area contributed by atoms with Gasteiger partial charge in [0.05, 0.1) is 31.5 Å². The minimum atomic E-state index is -0.211. The Morgan fingerprint density at radius 1 is 1.25 bits per heavy atom. The van der Waals surface area contributed by atoms with Gasteiger partial charge in [-0.15, -0.1) is 0 Å². The number of amides is 2. The molecule has 1 N–H and O–H groups in total. The van der Waals surface area contributed by atoms with Crippen molar-refractivity contribution in [3.8, 4) is 5.75 Å². The molecule has 1 unspecified atom stereocenters. The van der Waals surface area contributed by atoms with Crippen molar-refractivity contribution in [1.82, 2.24) is 20.3 Å². The number of nitrogens with zero attached hydrogens (tertiary/aromatic N) is 3. The lowest BCUT2D eigenvalue weighted by Crippen LogP contribution is -2.45. The summed E-state index contributed by atoms with van der Waals surface area (Å²) in [6, 6.07) is 7.18. The lowest BCUT2D eigenvalue weighted by molar-refractivity contribution is -0.121. The monoisotopic (exact) mass is 438 g/mol. The predicted octanol–water partition coefficient (Wildman–Crippen LogP) is 1.83. The first-order valence-electron chi connectivity index (χ1n) is 10.9. The quantitative estimate of drug-likeness (QED) is 0.735. The minimum absolute atomic E-state index is 0.0560. The first-order chi connectivity index (χ1) is 15.6. The summed E-state index contributed by atoms with van der Waals surface area (Å²) in [5.41, 5.74) is 2.90. The summed E-state index contributed by atoms with van der Waals surface area (Å²) >= 11 is 0. The molecule has 5 rings (SSSR count). The van der Waals surface area contributed by atoms with Gasteiger partial charge in [-0.2, -0.15) is 0 Å². The number of rotatable bonds is 6. The van der Waals surface area contributed by atoms with E-state index in [-0.39, 0.29) is 24.5 Å². The summed E-state index contributed by atoms with van der Waals surface area (Å²) in [6.45, 7) is 8.56. The highest BCUT2D eigenvalue weighted by Crippen LogP contribution is 2.35. The number of fused-ring (bicyclic) bond motifs is 1. The maximum atomic E-state index is 13.0. The molecular weight excluding hydrogens is 412 g/mol. The van der Waals surface area contributed by atoms with E-state index in [9.17, 15) is 9.59 Å². The standard InChI is InChI=1S/C23H26N4O5/c1-15-20(5-6-22(28)24-15)27-13-19-18(23(27)29)3-2-4-21(19)31-14-17-11-16(25-32-17)12-26-7-9-30-10-8-26/h2-4,11,20H,1,5-10,12-14H2,(H,24,28). The largest absolute Gasteiger partial charge is 0.485 e. The predicted molar refractivity (Wildman–Crippen MR) is 114 cm³/mol. The SMILES string of the molecule is C=C1NC(=O)CCC1N1Cc2c(OCc3cc(CN4CCOCC4)no3)cccc2C1=O. The van der Waals surface area contributed by atoms with Gasteiger partial charge in [0, 0.05) is 48.9 Å². The van der Waals surface area contributed by atoms with Gasteiger partial charge >= 0.3 is 0 Å². The Hall–Kier alpha value is -3.17. The van der Waals surface area contributed by atoms with E-state index in [0.29, 0.717) is 42.2 Å². The van der Waals surface area contributed by atoms with Crippen LogP contribution in [0.15, 0.2) is 41.1 Å². The molecule has 9 heteroatoms. The number of carbonyl (C=O) groups excluding carboxylic acids is 2. The lowest BCUT2D eigenvalue weighted by atomic mass is 10.0. The summed E-state index contributed by atoms with van der Waals surface area (Å²) in [4.78, 5) is 28.7. The highest BCUT2D eigenvalue weighted by molar-refractivity contribution is 5.99. The first kappa shape index (κ1) is 20.7. The molecule has 9 nitrogen and oxygen atoms in total. The van der Waals surface area contributed by atoms with Gasteiger partial charge in [-0.05, 0) is 18.6 Å². The van der Waals surface area contributed by atoms with Crippen molar-refractivity contribution >= 4 is 11.8 Å². The third-order valence-corrected chi connectivity index (χ3v) is 6.14. The fraction of sp³-hybridized carbons (Fsp3) is 0.435.